The van der Waals surface area contributed by atoms with Crippen LogP contribution in [0.5, 0.6) is 5.75 Å². The standard InChI is InChI=1S/C29H27FN4O3/c1-19(2)20-12-14-23(15-13-20)34-27-26(32(18-31-27)16-22-9-5-7-11-25(22)37-3)28(35)33(29(34)36)17-21-8-4-6-10-24(21)30/h4-15,18-19H,16-17H2,1-3H3. The van der Waals surface area contributed by atoms with Crippen LogP contribution in [0.1, 0.15) is 36.5 Å². The van der Waals surface area contributed by atoms with Gasteiger partial charge in [-0.15, -0.1) is 0 Å². The molecule has 188 valence electrons. The van der Waals surface area contributed by atoms with Crippen LogP contribution >= 0.6 is 0 Å². The van der Waals surface area contributed by atoms with Crippen molar-refractivity contribution in [1.82, 2.24) is 18.7 Å². The highest BCUT2D eigenvalue weighted by atomic mass is 19.1. The van der Waals surface area contributed by atoms with Gasteiger partial charge < -0.3 is 9.30 Å². The van der Waals surface area contributed by atoms with Crippen molar-refractivity contribution in [3.63, 3.8) is 0 Å². The smallest absolute Gasteiger partial charge is 0.337 e. The molecule has 0 radical (unpaired) electrons. The van der Waals surface area contributed by atoms with Gasteiger partial charge in [0.15, 0.2) is 11.2 Å². The van der Waals surface area contributed by atoms with Crippen LogP contribution < -0.4 is 16.0 Å². The average molecular weight is 499 g/mol. The second kappa shape index (κ2) is 9.89. The molecule has 7 nitrogen and oxygen atoms in total. The maximum atomic E-state index is 14.5. The van der Waals surface area contributed by atoms with Crippen molar-refractivity contribution in [1.29, 1.82) is 0 Å². The predicted molar refractivity (Wildman–Crippen MR) is 141 cm³/mol. The lowest BCUT2D eigenvalue weighted by Gasteiger charge is -2.14. The molecule has 0 fully saturated rings. The van der Waals surface area contributed by atoms with Gasteiger partial charge in [-0.1, -0.05) is 62.4 Å². The van der Waals surface area contributed by atoms with Gasteiger partial charge in [0, 0.05) is 11.1 Å². The lowest BCUT2D eigenvalue weighted by Crippen LogP contribution is -2.40. The van der Waals surface area contributed by atoms with Gasteiger partial charge in [0.2, 0.25) is 0 Å². The van der Waals surface area contributed by atoms with E-state index in [9.17, 15) is 14.0 Å². The predicted octanol–water partition coefficient (Wildman–Crippen LogP) is 4.72. The molecule has 5 rings (SSSR count). The second-order valence-corrected chi connectivity index (χ2v) is 9.20. The summed E-state index contributed by atoms with van der Waals surface area (Å²) in [5.74, 6) is 0.513. The number of benzene rings is 3. The number of ether oxygens (including phenoxy) is 1. The monoisotopic (exact) mass is 498 g/mol. The lowest BCUT2D eigenvalue weighted by molar-refractivity contribution is 0.408. The number of rotatable bonds is 7. The number of methoxy groups -OCH3 is 1. The molecule has 0 saturated carbocycles. The summed E-state index contributed by atoms with van der Waals surface area (Å²) in [6, 6.07) is 21.2. The van der Waals surface area contributed by atoms with Crippen molar-refractivity contribution in [3.05, 3.63) is 122 Å². The third-order valence-corrected chi connectivity index (χ3v) is 6.54. The van der Waals surface area contributed by atoms with Crippen LogP contribution in [-0.2, 0) is 13.1 Å². The SMILES string of the molecule is COc1ccccc1Cn1cnc2c1c(=O)n(Cc1ccccc1F)c(=O)n2-c1ccc(C(C)C)cc1. The summed E-state index contributed by atoms with van der Waals surface area (Å²) >= 11 is 0. The first kappa shape index (κ1) is 24.2. The molecule has 0 aliphatic rings. The van der Waals surface area contributed by atoms with E-state index in [0.717, 1.165) is 15.7 Å². The van der Waals surface area contributed by atoms with Crippen LogP contribution in [0.2, 0.25) is 0 Å². The van der Waals surface area contributed by atoms with E-state index in [1.807, 2.05) is 48.5 Å². The van der Waals surface area contributed by atoms with E-state index in [0.29, 0.717) is 23.9 Å². The summed E-state index contributed by atoms with van der Waals surface area (Å²) in [4.78, 5) is 32.0. The molecule has 0 unspecified atom stereocenters. The van der Waals surface area contributed by atoms with E-state index < -0.39 is 17.1 Å². The third-order valence-electron chi connectivity index (χ3n) is 6.54. The number of fused-ring (bicyclic) bond motifs is 1. The third kappa shape index (κ3) is 4.46. The number of para-hydroxylation sites is 1. The molecule has 5 aromatic rings. The number of imidazole rings is 1. The second-order valence-electron chi connectivity index (χ2n) is 9.20. The molecular formula is C29H27FN4O3. The number of halogens is 1. The van der Waals surface area contributed by atoms with Crippen LogP contribution in [0.25, 0.3) is 16.9 Å². The fourth-order valence-corrected chi connectivity index (χ4v) is 4.49. The van der Waals surface area contributed by atoms with Crippen molar-refractivity contribution < 1.29 is 9.13 Å². The van der Waals surface area contributed by atoms with Crippen LogP contribution in [0.15, 0.2) is 88.7 Å². The molecule has 0 atom stereocenters. The Kier molecular flexibility index (Phi) is 6.48. The van der Waals surface area contributed by atoms with Gasteiger partial charge in [0.1, 0.15) is 11.6 Å². The summed E-state index contributed by atoms with van der Waals surface area (Å²) in [6.07, 6.45) is 1.55. The molecule has 0 aliphatic heterocycles. The first-order chi connectivity index (χ1) is 17.9. The minimum absolute atomic E-state index is 0.204. The number of hydrogen-bond donors (Lipinski definition) is 0. The highest BCUT2D eigenvalue weighted by Crippen LogP contribution is 2.22. The van der Waals surface area contributed by atoms with Crippen molar-refractivity contribution in [3.8, 4) is 11.4 Å². The number of aromatic nitrogens is 4. The van der Waals surface area contributed by atoms with Gasteiger partial charge in [0.25, 0.3) is 5.56 Å². The maximum absolute atomic E-state index is 14.5. The van der Waals surface area contributed by atoms with Gasteiger partial charge >= 0.3 is 5.69 Å². The van der Waals surface area contributed by atoms with Crippen molar-refractivity contribution in [2.24, 2.45) is 0 Å². The van der Waals surface area contributed by atoms with Crippen LogP contribution in [0, 0.1) is 5.82 Å². The van der Waals surface area contributed by atoms with Gasteiger partial charge in [-0.25, -0.2) is 18.7 Å². The van der Waals surface area contributed by atoms with Gasteiger partial charge in [-0.05, 0) is 35.7 Å². The van der Waals surface area contributed by atoms with Crippen LogP contribution in [0.4, 0.5) is 4.39 Å². The summed E-state index contributed by atoms with van der Waals surface area (Å²) in [5.41, 5.74) is 2.16. The lowest BCUT2D eigenvalue weighted by atomic mass is 10.0. The molecule has 0 spiro atoms. The molecule has 8 heteroatoms. The number of nitrogens with zero attached hydrogens (tertiary/aromatic N) is 4. The average Bonchev–Trinajstić information content (AvgIpc) is 3.31. The minimum atomic E-state index is -0.583. The molecule has 0 bridgehead atoms. The molecule has 3 aromatic carbocycles. The highest BCUT2D eigenvalue weighted by Gasteiger charge is 2.21. The Labute approximate surface area is 213 Å². The van der Waals surface area contributed by atoms with Crippen molar-refractivity contribution in [2.45, 2.75) is 32.9 Å². The van der Waals surface area contributed by atoms with Crippen molar-refractivity contribution in [2.75, 3.05) is 7.11 Å². The zero-order valence-electron chi connectivity index (χ0n) is 20.9. The van der Waals surface area contributed by atoms with E-state index in [-0.39, 0.29) is 23.3 Å². The normalized spacial score (nSPS) is 11.4. The van der Waals surface area contributed by atoms with Crippen LogP contribution in [-0.4, -0.2) is 25.8 Å². The molecule has 0 aliphatic carbocycles. The molecule has 2 aromatic heterocycles. The van der Waals surface area contributed by atoms with Crippen LogP contribution in [0.3, 0.4) is 0 Å². The van der Waals surface area contributed by atoms with Gasteiger partial charge in [0.05, 0.1) is 32.2 Å². The zero-order chi connectivity index (χ0) is 26.1. The Morgan fingerprint density at radius 3 is 2.24 bits per heavy atom. The van der Waals surface area contributed by atoms with E-state index >= 15 is 0 Å². The summed E-state index contributed by atoms with van der Waals surface area (Å²) < 4.78 is 24.2. The molecular weight excluding hydrogens is 471 g/mol. The Bertz CT molecular complexity index is 1700. The van der Waals surface area contributed by atoms with E-state index in [2.05, 4.69) is 18.8 Å². The molecule has 0 N–H and O–H groups in total. The first-order valence-electron chi connectivity index (χ1n) is 12.1. The van der Waals surface area contributed by atoms with E-state index in [1.54, 1.807) is 36.2 Å². The van der Waals surface area contributed by atoms with Gasteiger partial charge in [-0.2, -0.15) is 0 Å². The highest BCUT2D eigenvalue weighted by molar-refractivity contribution is 5.72. The minimum Gasteiger partial charge on any atom is -0.496 e. The largest absolute Gasteiger partial charge is 0.496 e. The first-order valence-corrected chi connectivity index (χ1v) is 12.1. The van der Waals surface area contributed by atoms with Crippen molar-refractivity contribution >= 4 is 11.2 Å². The number of hydrogen-bond acceptors (Lipinski definition) is 4. The maximum Gasteiger partial charge on any atom is 0.337 e. The van der Waals surface area contributed by atoms with Gasteiger partial charge in [-0.3, -0.25) is 9.36 Å². The Morgan fingerprint density at radius 1 is 0.892 bits per heavy atom. The van der Waals surface area contributed by atoms with E-state index in [4.69, 9.17) is 4.74 Å². The molecule has 37 heavy (non-hydrogen) atoms. The zero-order valence-corrected chi connectivity index (χ0v) is 20.9. The summed E-state index contributed by atoms with van der Waals surface area (Å²) in [7, 11) is 1.59. The topological polar surface area (TPSA) is 71.1 Å². The van der Waals surface area contributed by atoms with E-state index in [1.165, 1.54) is 10.6 Å². The molecule has 0 saturated heterocycles. The molecule has 0 amide bonds. The fourth-order valence-electron chi connectivity index (χ4n) is 4.49. The summed E-state index contributed by atoms with van der Waals surface area (Å²) in [6.45, 7) is 4.28. The fraction of sp³-hybridized carbons (Fsp3) is 0.207. The Morgan fingerprint density at radius 2 is 1.57 bits per heavy atom. The summed E-state index contributed by atoms with van der Waals surface area (Å²) in [5, 5.41) is 0. The molecule has 2 heterocycles. The quantitative estimate of drug-likeness (QED) is 0.326. The Hall–Kier alpha value is -4.46. The Balaban J connectivity index is 1.75.